The lowest BCUT2D eigenvalue weighted by Crippen LogP contribution is -2.35. The fourth-order valence-electron chi connectivity index (χ4n) is 1.19. The summed E-state index contributed by atoms with van der Waals surface area (Å²) in [5, 5.41) is 0. The van der Waals surface area contributed by atoms with Crippen molar-refractivity contribution in [2.45, 2.75) is 6.42 Å². The van der Waals surface area contributed by atoms with Crippen LogP contribution >= 0.6 is 0 Å². The van der Waals surface area contributed by atoms with Crippen LogP contribution in [0, 0.1) is 18.8 Å². The van der Waals surface area contributed by atoms with Crippen molar-refractivity contribution in [2.24, 2.45) is 0 Å². The Kier molecular flexibility index (Phi) is 4.11. The smallest absolute Gasteiger partial charge is 0.146 e. The molecular weight excluding hydrogens is 166 g/mol. The number of allylic oxidation sites excluding steroid dienone is 1. The maximum atomic E-state index is 10.6. The zero-order valence-electron chi connectivity index (χ0n) is 7.51. The molecular formula is C10H12NO2. The summed E-state index contributed by atoms with van der Waals surface area (Å²) in [5.74, 6) is 7.18. The Balaban J connectivity index is 2.53. The van der Waals surface area contributed by atoms with Crippen molar-refractivity contribution in [1.29, 1.82) is 0 Å². The van der Waals surface area contributed by atoms with Gasteiger partial charge in [-0.15, -0.1) is 5.92 Å². The molecule has 0 saturated carbocycles. The molecule has 0 spiro atoms. The second kappa shape index (κ2) is 5.42. The fraction of sp³-hybridized carbons (Fsp3) is 0.500. The van der Waals surface area contributed by atoms with Crippen LogP contribution < -0.4 is 0 Å². The van der Waals surface area contributed by atoms with Crippen LogP contribution in [0.5, 0.6) is 0 Å². The third-order valence-electron chi connectivity index (χ3n) is 1.89. The van der Waals surface area contributed by atoms with Gasteiger partial charge in [-0.1, -0.05) is 5.92 Å². The van der Waals surface area contributed by atoms with E-state index in [0.29, 0.717) is 25.3 Å². The summed E-state index contributed by atoms with van der Waals surface area (Å²) in [6.45, 7) is 6.24. The van der Waals surface area contributed by atoms with Gasteiger partial charge in [0.1, 0.15) is 11.6 Å². The van der Waals surface area contributed by atoms with Gasteiger partial charge in [0.2, 0.25) is 0 Å². The van der Waals surface area contributed by atoms with E-state index >= 15 is 0 Å². The van der Waals surface area contributed by atoms with Gasteiger partial charge in [0.15, 0.2) is 0 Å². The van der Waals surface area contributed by atoms with Crippen LogP contribution in [-0.4, -0.2) is 37.1 Å². The lowest BCUT2D eigenvalue weighted by atomic mass is 10.3. The molecule has 1 saturated heterocycles. The largest absolute Gasteiger partial charge is 0.378 e. The number of nitrogens with zero attached hydrogens (tertiary/aromatic N) is 1. The van der Waals surface area contributed by atoms with E-state index < -0.39 is 0 Å². The summed E-state index contributed by atoms with van der Waals surface area (Å²) in [6.07, 6.45) is 0.438. The first-order valence-electron chi connectivity index (χ1n) is 4.20. The lowest BCUT2D eigenvalue weighted by Gasteiger charge is -2.28. The number of hydrogen-bond donors (Lipinski definition) is 0. The zero-order chi connectivity index (χ0) is 9.52. The molecule has 1 heterocycles. The molecule has 1 aliphatic rings. The zero-order valence-corrected chi connectivity index (χ0v) is 7.51. The minimum absolute atomic E-state index is 0.438. The van der Waals surface area contributed by atoms with Crippen LogP contribution in [0.4, 0.5) is 0 Å². The number of carbonyl (C=O) groups excluding carboxylic acids is 1. The van der Waals surface area contributed by atoms with E-state index in [-0.39, 0.29) is 0 Å². The molecule has 0 N–H and O–H groups in total. The van der Waals surface area contributed by atoms with Crippen molar-refractivity contribution >= 4 is 5.94 Å². The van der Waals surface area contributed by atoms with E-state index in [1.807, 2.05) is 10.8 Å². The Labute approximate surface area is 78.4 Å². The normalized spacial score (nSPS) is 15.6. The molecule has 3 heteroatoms. The van der Waals surface area contributed by atoms with Crippen LogP contribution in [0.25, 0.3) is 0 Å². The van der Waals surface area contributed by atoms with E-state index in [4.69, 9.17) is 4.74 Å². The molecule has 69 valence electrons. The number of rotatable bonds is 2. The Morgan fingerprint density at radius 3 is 2.69 bits per heavy atom. The van der Waals surface area contributed by atoms with Crippen molar-refractivity contribution in [3.63, 3.8) is 0 Å². The Bertz CT molecular complexity index is 262. The Hall–Kier alpha value is -1.23. The Morgan fingerprint density at radius 2 is 2.15 bits per heavy atom. The second-order valence-electron chi connectivity index (χ2n) is 2.68. The van der Waals surface area contributed by atoms with Crippen LogP contribution in [-0.2, 0) is 9.53 Å². The molecule has 0 bridgehead atoms. The highest BCUT2D eigenvalue weighted by Gasteiger charge is 2.13. The first-order chi connectivity index (χ1) is 6.38. The minimum atomic E-state index is 0.438. The topological polar surface area (TPSA) is 29.5 Å². The van der Waals surface area contributed by atoms with Crippen LogP contribution in [0.2, 0.25) is 0 Å². The molecule has 1 radical (unpaired) electrons. The molecule has 0 atom stereocenters. The molecule has 1 aliphatic heterocycles. The first kappa shape index (κ1) is 9.85. The van der Waals surface area contributed by atoms with Crippen molar-refractivity contribution in [1.82, 2.24) is 4.90 Å². The van der Waals surface area contributed by atoms with Crippen LogP contribution in [0.3, 0.4) is 0 Å². The van der Waals surface area contributed by atoms with E-state index in [2.05, 4.69) is 18.8 Å². The maximum absolute atomic E-state index is 10.6. The summed E-state index contributed by atoms with van der Waals surface area (Å²) in [7, 11) is 0. The molecule has 1 fully saturated rings. The quantitative estimate of drug-likeness (QED) is 0.449. The molecule has 0 amide bonds. The third-order valence-corrected chi connectivity index (χ3v) is 1.89. The highest BCUT2D eigenvalue weighted by molar-refractivity contribution is 5.52. The monoisotopic (exact) mass is 178 g/mol. The van der Waals surface area contributed by atoms with E-state index in [0.717, 1.165) is 13.1 Å². The summed E-state index contributed by atoms with van der Waals surface area (Å²) in [4.78, 5) is 12.5. The first-order valence-corrected chi connectivity index (χ1v) is 4.20. The van der Waals surface area contributed by atoms with Crippen molar-refractivity contribution in [3.05, 3.63) is 12.6 Å². The molecule has 0 aliphatic carbocycles. The third kappa shape index (κ3) is 2.95. The van der Waals surface area contributed by atoms with Crippen LogP contribution in [0.1, 0.15) is 6.42 Å². The van der Waals surface area contributed by atoms with Gasteiger partial charge in [-0.05, 0) is 0 Å². The average Bonchev–Trinajstić information content (AvgIpc) is 2.21. The molecule has 3 nitrogen and oxygen atoms in total. The van der Waals surface area contributed by atoms with Gasteiger partial charge in [-0.3, -0.25) is 0 Å². The summed E-state index contributed by atoms with van der Waals surface area (Å²) in [5.41, 5.74) is 0.611. The van der Waals surface area contributed by atoms with Gasteiger partial charge in [0, 0.05) is 20.0 Å². The average molecular weight is 178 g/mol. The van der Waals surface area contributed by atoms with E-state index in [1.54, 1.807) is 0 Å². The van der Waals surface area contributed by atoms with Gasteiger partial charge in [-0.25, -0.2) is 4.79 Å². The van der Waals surface area contributed by atoms with Gasteiger partial charge in [-0.2, -0.15) is 0 Å². The summed E-state index contributed by atoms with van der Waals surface area (Å²) in [6, 6.07) is 0. The van der Waals surface area contributed by atoms with Gasteiger partial charge < -0.3 is 9.64 Å². The molecule has 0 aromatic carbocycles. The standard InChI is InChI=1S/C10H12NO2/c1-2-3-4-10(9-12)11-5-7-13-8-6-11/h1,4-8H2. The van der Waals surface area contributed by atoms with Crippen LogP contribution in [0.15, 0.2) is 5.70 Å². The number of hydrogen-bond acceptors (Lipinski definition) is 3. The number of ether oxygens (including phenoxy) is 1. The Morgan fingerprint density at radius 1 is 1.46 bits per heavy atom. The van der Waals surface area contributed by atoms with Crippen molar-refractivity contribution < 1.29 is 9.53 Å². The second-order valence-corrected chi connectivity index (χ2v) is 2.68. The highest BCUT2D eigenvalue weighted by Crippen LogP contribution is 2.07. The van der Waals surface area contributed by atoms with E-state index in [9.17, 15) is 4.79 Å². The fourth-order valence-corrected chi connectivity index (χ4v) is 1.19. The van der Waals surface area contributed by atoms with Crippen molar-refractivity contribution in [2.75, 3.05) is 26.3 Å². The predicted octanol–water partition coefficient (Wildman–Crippen LogP) is 0.262. The predicted molar refractivity (Wildman–Crippen MR) is 49.3 cm³/mol. The van der Waals surface area contributed by atoms with Crippen molar-refractivity contribution in [3.8, 4) is 11.8 Å². The van der Waals surface area contributed by atoms with E-state index in [1.165, 1.54) is 0 Å². The summed E-state index contributed by atoms with van der Waals surface area (Å²) < 4.78 is 5.17. The minimum Gasteiger partial charge on any atom is -0.378 e. The SMILES string of the molecule is [CH2]C#CCC(=C=O)N1CCOCC1. The van der Waals surface area contributed by atoms with Gasteiger partial charge in [0.25, 0.3) is 0 Å². The van der Waals surface area contributed by atoms with Gasteiger partial charge in [0.05, 0.1) is 19.6 Å². The maximum Gasteiger partial charge on any atom is 0.146 e. The molecule has 1 rings (SSSR count). The summed E-state index contributed by atoms with van der Waals surface area (Å²) >= 11 is 0. The number of morpholine rings is 1. The molecule has 0 aromatic rings. The molecule has 0 unspecified atom stereocenters. The molecule has 13 heavy (non-hydrogen) atoms. The molecule has 0 aromatic heterocycles. The lowest BCUT2D eigenvalue weighted by molar-refractivity contribution is 0.0536. The highest BCUT2D eigenvalue weighted by atomic mass is 16.5. The van der Waals surface area contributed by atoms with Gasteiger partial charge >= 0.3 is 0 Å².